The summed E-state index contributed by atoms with van der Waals surface area (Å²) in [6, 6.07) is 8.84. The molecule has 1 aromatic carbocycles. The minimum absolute atomic E-state index is 0.0700. The minimum atomic E-state index is -4.18. The van der Waals surface area contributed by atoms with Gasteiger partial charge in [0, 0.05) is 12.0 Å². The van der Waals surface area contributed by atoms with Gasteiger partial charge in [-0.3, -0.25) is 9.96 Å². The Hall–Kier alpha value is -2.65. The summed E-state index contributed by atoms with van der Waals surface area (Å²) in [6.45, 7) is 1.33. The van der Waals surface area contributed by atoms with E-state index in [0.717, 1.165) is 0 Å². The molecule has 128 valence electrons. The Morgan fingerprint density at radius 3 is 2.46 bits per heavy atom. The van der Waals surface area contributed by atoms with Crippen molar-refractivity contribution in [1.82, 2.24) is 0 Å². The van der Waals surface area contributed by atoms with Crippen molar-refractivity contribution >= 4 is 21.9 Å². The molecule has 24 heavy (non-hydrogen) atoms. The van der Waals surface area contributed by atoms with E-state index in [1.54, 1.807) is 0 Å². The molecule has 0 amide bonds. The van der Waals surface area contributed by atoms with Crippen molar-refractivity contribution in [2.24, 2.45) is 5.73 Å². The maximum Gasteiger partial charge on any atom is 0.379 e. The zero-order valence-electron chi connectivity index (χ0n) is 12.7. The van der Waals surface area contributed by atoms with Gasteiger partial charge in [0.15, 0.2) is 0 Å². The third kappa shape index (κ3) is 4.43. The lowest BCUT2D eigenvalue weighted by atomic mass is 10.2. The zero-order chi connectivity index (χ0) is 17.9. The monoisotopic (exact) mass is 352 g/mol. The number of furan rings is 1. The van der Waals surface area contributed by atoms with Crippen LogP contribution in [-0.4, -0.2) is 30.0 Å². The molecule has 8 nitrogen and oxygen atoms in total. The number of esters is 1. The summed E-state index contributed by atoms with van der Waals surface area (Å²) in [7, 11) is -4.18. The topological polar surface area (TPSA) is 144 Å². The number of benzene rings is 1. The third-order valence-electron chi connectivity index (χ3n) is 3.24. The molecule has 0 saturated heterocycles. The van der Waals surface area contributed by atoms with Crippen LogP contribution in [0.1, 0.15) is 28.8 Å². The molecule has 0 fully saturated rings. The first-order valence-corrected chi connectivity index (χ1v) is 8.39. The first-order chi connectivity index (χ1) is 11.2. The van der Waals surface area contributed by atoms with E-state index < -0.39 is 21.3 Å². The van der Waals surface area contributed by atoms with Crippen LogP contribution in [0.15, 0.2) is 40.8 Å². The van der Waals surface area contributed by atoms with Crippen molar-refractivity contribution in [2.75, 3.05) is 0 Å². The van der Waals surface area contributed by atoms with E-state index in [9.17, 15) is 13.2 Å². The van der Waals surface area contributed by atoms with Crippen molar-refractivity contribution < 1.29 is 26.9 Å². The maximum atomic E-state index is 12.0. The normalized spacial score (nSPS) is 12.6. The number of amidine groups is 1. The Labute approximate surface area is 138 Å². The number of nitrogens with two attached hydrogens (primary N) is 1. The Bertz CT molecular complexity index is 854. The summed E-state index contributed by atoms with van der Waals surface area (Å²) in [5.41, 5.74) is 5.82. The van der Waals surface area contributed by atoms with Crippen LogP contribution in [-0.2, 0) is 16.5 Å². The molecule has 1 heterocycles. The molecule has 0 aliphatic carbocycles. The smallest absolute Gasteiger partial charge is 0.379 e. The van der Waals surface area contributed by atoms with Crippen LogP contribution in [0.3, 0.4) is 0 Å². The molecule has 0 radical (unpaired) electrons. The Kier molecular flexibility index (Phi) is 5.05. The largest absolute Gasteiger partial charge is 0.454 e. The van der Waals surface area contributed by atoms with Crippen molar-refractivity contribution in [3.05, 3.63) is 53.5 Å². The van der Waals surface area contributed by atoms with Gasteiger partial charge in [-0.25, -0.2) is 4.79 Å². The van der Waals surface area contributed by atoms with E-state index in [1.807, 2.05) is 0 Å². The highest BCUT2D eigenvalue weighted by Gasteiger charge is 2.21. The Balaban J connectivity index is 2.04. The van der Waals surface area contributed by atoms with Gasteiger partial charge in [-0.2, -0.15) is 8.42 Å². The predicted molar refractivity (Wildman–Crippen MR) is 85.8 cm³/mol. The van der Waals surface area contributed by atoms with Crippen LogP contribution in [0.4, 0.5) is 0 Å². The van der Waals surface area contributed by atoms with Crippen LogP contribution < -0.4 is 10.5 Å². The average molecular weight is 352 g/mol. The molecule has 2 rings (SSSR count). The molecule has 1 aromatic heterocycles. The molecule has 1 atom stereocenters. The highest BCUT2D eigenvalue weighted by Crippen LogP contribution is 2.17. The number of rotatable bonds is 6. The third-order valence-corrected chi connectivity index (χ3v) is 4.42. The molecule has 0 saturated carbocycles. The highest BCUT2D eigenvalue weighted by atomic mass is 32.2. The van der Waals surface area contributed by atoms with Gasteiger partial charge in [-0.15, -0.1) is 0 Å². The summed E-state index contributed by atoms with van der Waals surface area (Å²) < 4.78 is 41.3. The van der Waals surface area contributed by atoms with Gasteiger partial charge in [-0.05, 0) is 43.3 Å². The number of hydrogen-bond donors (Lipinski definition) is 3. The molecule has 0 aliphatic rings. The second-order valence-electron chi connectivity index (χ2n) is 5.12. The van der Waals surface area contributed by atoms with Crippen LogP contribution in [0.2, 0.25) is 0 Å². The fourth-order valence-electron chi connectivity index (χ4n) is 1.85. The van der Waals surface area contributed by atoms with Gasteiger partial charge < -0.3 is 14.9 Å². The Morgan fingerprint density at radius 1 is 1.29 bits per heavy atom. The van der Waals surface area contributed by atoms with Crippen molar-refractivity contribution in [3.8, 4) is 5.75 Å². The van der Waals surface area contributed by atoms with E-state index in [2.05, 4.69) is 0 Å². The number of nitrogen functional groups attached to an aromatic ring is 1. The van der Waals surface area contributed by atoms with Crippen LogP contribution in [0.5, 0.6) is 5.75 Å². The van der Waals surface area contributed by atoms with Gasteiger partial charge in [0.1, 0.15) is 17.3 Å². The van der Waals surface area contributed by atoms with E-state index in [4.69, 9.17) is 24.8 Å². The highest BCUT2D eigenvalue weighted by molar-refractivity contribution is 7.86. The molecule has 0 spiro atoms. The first-order valence-electron chi connectivity index (χ1n) is 6.88. The molecule has 0 bridgehead atoms. The quantitative estimate of drug-likeness (QED) is 0.235. The summed E-state index contributed by atoms with van der Waals surface area (Å²) in [5.74, 6) is -0.468. The van der Waals surface area contributed by atoms with E-state index >= 15 is 0 Å². The standard InChI is InChI=1S/C15H16N2O6S/c1-9(24(19,20)21)8-12-6-7-13(22-12)15(18)23-11-4-2-10(3-5-11)14(16)17/h2-7,9H,8H2,1H3,(H3,16,17)(H,19,20,21). The molecule has 4 N–H and O–H groups in total. The molecule has 1 unspecified atom stereocenters. The molecule has 2 aromatic rings. The van der Waals surface area contributed by atoms with E-state index in [1.165, 1.54) is 43.3 Å². The minimum Gasteiger partial charge on any atom is -0.454 e. The lowest BCUT2D eigenvalue weighted by Crippen LogP contribution is -2.18. The van der Waals surface area contributed by atoms with E-state index in [-0.39, 0.29) is 29.5 Å². The second kappa shape index (κ2) is 6.85. The van der Waals surface area contributed by atoms with Crippen molar-refractivity contribution in [1.29, 1.82) is 5.41 Å². The van der Waals surface area contributed by atoms with Crippen molar-refractivity contribution in [3.63, 3.8) is 0 Å². The average Bonchev–Trinajstić information content (AvgIpc) is 2.95. The maximum absolute atomic E-state index is 12.0. The predicted octanol–water partition coefficient (Wildman–Crippen LogP) is 1.60. The summed E-state index contributed by atoms with van der Waals surface area (Å²) in [6.07, 6.45) is -0.0700. The summed E-state index contributed by atoms with van der Waals surface area (Å²) in [4.78, 5) is 12.0. The van der Waals surface area contributed by atoms with Crippen molar-refractivity contribution in [2.45, 2.75) is 18.6 Å². The number of ether oxygens (including phenoxy) is 1. The van der Waals surface area contributed by atoms with Gasteiger partial charge >= 0.3 is 5.97 Å². The number of carbonyl (C=O) groups is 1. The summed E-state index contributed by atoms with van der Waals surface area (Å²) in [5, 5.41) is 6.23. The Morgan fingerprint density at radius 2 is 1.92 bits per heavy atom. The number of hydrogen-bond acceptors (Lipinski definition) is 6. The number of nitrogens with one attached hydrogen (secondary N) is 1. The van der Waals surface area contributed by atoms with E-state index in [0.29, 0.717) is 5.56 Å². The van der Waals surface area contributed by atoms with Gasteiger partial charge in [0.05, 0.1) is 5.25 Å². The van der Waals surface area contributed by atoms with Gasteiger partial charge in [-0.1, -0.05) is 0 Å². The molecule has 0 aliphatic heterocycles. The second-order valence-corrected chi connectivity index (χ2v) is 6.96. The van der Waals surface area contributed by atoms with Crippen LogP contribution >= 0.6 is 0 Å². The van der Waals surface area contributed by atoms with Gasteiger partial charge in [0.2, 0.25) is 5.76 Å². The fraction of sp³-hybridized carbons (Fsp3) is 0.200. The molecular weight excluding hydrogens is 336 g/mol. The van der Waals surface area contributed by atoms with Crippen LogP contribution in [0.25, 0.3) is 0 Å². The summed E-state index contributed by atoms with van der Waals surface area (Å²) >= 11 is 0. The lowest BCUT2D eigenvalue weighted by Gasteiger charge is -2.05. The number of carbonyl (C=O) groups excluding carboxylic acids is 1. The van der Waals surface area contributed by atoms with Gasteiger partial charge in [0.25, 0.3) is 10.1 Å². The fourth-order valence-corrected chi connectivity index (χ4v) is 2.22. The lowest BCUT2D eigenvalue weighted by molar-refractivity contribution is 0.0699. The molecule has 9 heteroatoms. The zero-order valence-corrected chi connectivity index (χ0v) is 13.5. The molecular formula is C15H16N2O6S. The first kappa shape index (κ1) is 17.7. The van der Waals surface area contributed by atoms with Crippen LogP contribution in [0, 0.1) is 5.41 Å². The SMILES string of the molecule is CC(Cc1ccc(C(=O)Oc2ccc(C(=N)N)cc2)o1)S(=O)(=O)O.